The Morgan fingerprint density at radius 3 is 2.74 bits per heavy atom. The van der Waals surface area contributed by atoms with E-state index in [9.17, 15) is 14.4 Å². The number of hydrogen-bond acceptors (Lipinski definition) is 5. The van der Waals surface area contributed by atoms with E-state index < -0.39 is 11.5 Å². The fourth-order valence-corrected chi connectivity index (χ4v) is 3.69. The third-order valence-corrected chi connectivity index (χ3v) is 5.02. The molecule has 0 bridgehead atoms. The zero-order chi connectivity index (χ0) is 19.0. The minimum atomic E-state index is -0.750. The molecule has 2 amide bonds. The number of carbonyl (C=O) groups is 2. The highest BCUT2D eigenvalue weighted by Crippen LogP contribution is 2.27. The molecule has 2 heterocycles. The normalized spacial score (nSPS) is 15.7. The molecule has 1 aliphatic rings. The predicted molar refractivity (Wildman–Crippen MR) is 105 cm³/mol. The van der Waals surface area contributed by atoms with Gasteiger partial charge in [0.25, 0.3) is 5.91 Å². The number of hydrogen-bond donors (Lipinski definition) is 0. The molecular formula is C20H14N2O4S. The Kier molecular flexibility index (Phi) is 4.37. The summed E-state index contributed by atoms with van der Waals surface area (Å²) in [4.78, 5) is 42.5. The number of benzene rings is 2. The van der Waals surface area contributed by atoms with Gasteiger partial charge >= 0.3 is 5.63 Å². The molecule has 0 unspecified atom stereocenters. The highest BCUT2D eigenvalue weighted by molar-refractivity contribution is 8.15. The van der Waals surface area contributed by atoms with Crippen LogP contribution in [-0.2, 0) is 4.79 Å². The molecule has 4 rings (SSSR count). The summed E-state index contributed by atoms with van der Waals surface area (Å²) >= 11 is 1.16. The number of thioether (sulfide) groups is 1. The molecule has 0 spiro atoms. The van der Waals surface area contributed by atoms with Crippen molar-refractivity contribution in [3.05, 3.63) is 76.1 Å². The molecule has 1 aromatic heterocycles. The van der Waals surface area contributed by atoms with Crippen molar-refractivity contribution < 1.29 is 14.0 Å². The first kappa shape index (κ1) is 17.2. The van der Waals surface area contributed by atoms with Crippen molar-refractivity contribution in [2.75, 3.05) is 10.7 Å². The monoisotopic (exact) mass is 378 g/mol. The minimum Gasteiger partial charge on any atom is -0.422 e. The van der Waals surface area contributed by atoms with Crippen LogP contribution >= 0.6 is 11.8 Å². The lowest BCUT2D eigenvalue weighted by atomic mass is 10.2. The van der Waals surface area contributed by atoms with E-state index in [2.05, 4.69) is 4.99 Å². The molecule has 0 atom stereocenters. The SMILES string of the molecule is Cc1cccc(N2C(=O)CSC2=NC(=O)c2cc3ccccc3oc2=O)c1. The van der Waals surface area contributed by atoms with Gasteiger partial charge in [0.2, 0.25) is 5.91 Å². The number of amidine groups is 1. The Bertz CT molecular complexity index is 1170. The molecule has 0 saturated carbocycles. The molecule has 1 fully saturated rings. The Morgan fingerprint density at radius 2 is 1.93 bits per heavy atom. The zero-order valence-electron chi connectivity index (χ0n) is 14.3. The highest BCUT2D eigenvalue weighted by atomic mass is 32.2. The summed E-state index contributed by atoms with van der Waals surface area (Å²) in [6, 6.07) is 15.8. The molecule has 27 heavy (non-hydrogen) atoms. The molecule has 0 radical (unpaired) electrons. The van der Waals surface area contributed by atoms with Crippen molar-refractivity contribution in [2.45, 2.75) is 6.92 Å². The van der Waals surface area contributed by atoms with Gasteiger partial charge in [0, 0.05) is 5.39 Å². The molecule has 0 aliphatic carbocycles. The van der Waals surface area contributed by atoms with E-state index in [1.165, 1.54) is 11.0 Å². The molecule has 6 nitrogen and oxygen atoms in total. The molecule has 134 valence electrons. The summed E-state index contributed by atoms with van der Waals surface area (Å²) in [6.45, 7) is 1.92. The smallest absolute Gasteiger partial charge is 0.349 e. The molecule has 0 N–H and O–H groups in total. The first-order chi connectivity index (χ1) is 13.0. The summed E-state index contributed by atoms with van der Waals surface area (Å²) in [5.74, 6) is -0.709. The third kappa shape index (κ3) is 3.29. The van der Waals surface area contributed by atoms with Gasteiger partial charge in [0.1, 0.15) is 11.1 Å². The molecule has 7 heteroatoms. The molecule has 1 aliphatic heterocycles. The fraction of sp³-hybridized carbons (Fsp3) is 0.100. The third-order valence-electron chi connectivity index (χ3n) is 4.09. The zero-order valence-corrected chi connectivity index (χ0v) is 15.2. The Balaban J connectivity index is 1.74. The number of para-hydroxylation sites is 1. The Hall–Kier alpha value is -3.19. The second-order valence-corrected chi connectivity index (χ2v) is 6.98. The van der Waals surface area contributed by atoms with E-state index in [1.54, 1.807) is 30.3 Å². The first-order valence-corrected chi connectivity index (χ1v) is 9.20. The minimum absolute atomic E-state index is 0.162. The number of rotatable bonds is 2. The molecular weight excluding hydrogens is 364 g/mol. The average Bonchev–Trinajstić information content (AvgIpc) is 3.01. The fourth-order valence-electron chi connectivity index (χ4n) is 2.82. The van der Waals surface area contributed by atoms with Crippen LogP contribution in [0.3, 0.4) is 0 Å². The van der Waals surface area contributed by atoms with Crippen molar-refractivity contribution in [3.8, 4) is 0 Å². The van der Waals surface area contributed by atoms with Crippen LogP contribution in [0.5, 0.6) is 0 Å². The molecule has 1 saturated heterocycles. The van der Waals surface area contributed by atoms with Gasteiger partial charge in [-0.2, -0.15) is 4.99 Å². The van der Waals surface area contributed by atoms with Gasteiger partial charge < -0.3 is 4.42 Å². The van der Waals surface area contributed by atoms with E-state index in [0.29, 0.717) is 16.7 Å². The number of anilines is 1. The van der Waals surface area contributed by atoms with E-state index in [0.717, 1.165) is 17.3 Å². The van der Waals surface area contributed by atoms with E-state index in [4.69, 9.17) is 4.42 Å². The standard InChI is InChI=1S/C20H14N2O4S/c1-12-5-4-7-14(9-12)22-17(23)11-27-20(22)21-18(24)15-10-13-6-2-3-8-16(13)26-19(15)25/h2-10H,11H2,1H3. The van der Waals surface area contributed by atoms with E-state index in [-0.39, 0.29) is 22.4 Å². The van der Waals surface area contributed by atoms with Crippen molar-refractivity contribution in [2.24, 2.45) is 4.99 Å². The lowest BCUT2D eigenvalue weighted by Gasteiger charge is -2.16. The number of aliphatic imine (C=N–C) groups is 1. The number of fused-ring (bicyclic) bond motifs is 1. The van der Waals surface area contributed by atoms with Gasteiger partial charge in [-0.05, 0) is 36.8 Å². The van der Waals surface area contributed by atoms with Gasteiger partial charge in [-0.1, -0.05) is 42.1 Å². The predicted octanol–water partition coefficient (Wildman–Crippen LogP) is 3.38. The quantitative estimate of drug-likeness (QED) is 0.639. The highest BCUT2D eigenvalue weighted by Gasteiger charge is 2.31. The topological polar surface area (TPSA) is 80.0 Å². The first-order valence-electron chi connectivity index (χ1n) is 8.21. The summed E-state index contributed by atoms with van der Waals surface area (Å²) in [6.07, 6.45) is 0. The van der Waals surface area contributed by atoms with E-state index in [1.807, 2.05) is 25.1 Å². The van der Waals surface area contributed by atoms with Crippen LogP contribution in [0.2, 0.25) is 0 Å². The largest absolute Gasteiger partial charge is 0.422 e. The Morgan fingerprint density at radius 1 is 1.11 bits per heavy atom. The maximum atomic E-state index is 12.6. The van der Waals surface area contributed by atoms with Crippen molar-refractivity contribution in [1.82, 2.24) is 0 Å². The van der Waals surface area contributed by atoms with Gasteiger partial charge in [0.05, 0.1) is 11.4 Å². The summed E-state index contributed by atoms with van der Waals surface area (Å²) in [7, 11) is 0. The number of carbonyl (C=O) groups excluding carboxylic acids is 2. The number of aryl methyl sites for hydroxylation is 1. The van der Waals surface area contributed by atoms with Crippen LogP contribution in [0.1, 0.15) is 15.9 Å². The van der Waals surface area contributed by atoms with Crippen LogP contribution in [0.25, 0.3) is 11.0 Å². The van der Waals surface area contributed by atoms with Crippen LogP contribution in [-0.4, -0.2) is 22.7 Å². The summed E-state index contributed by atoms with van der Waals surface area (Å²) in [5.41, 5.74) is 1.11. The lowest BCUT2D eigenvalue weighted by Crippen LogP contribution is -2.30. The van der Waals surface area contributed by atoms with Crippen molar-refractivity contribution in [3.63, 3.8) is 0 Å². The van der Waals surface area contributed by atoms with Crippen LogP contribution in [0.15, 0.2) is 68.8 Å². The van der Waals surface area contributed by atoms with Gasteiger partial charge in [-0.25, -0.2) is 4.79 Å². The number of amides is 2. The lowest BCUT2D eigenvalue weighted by molar-refractivity contribution is -0.115. The van der Waals surface area contributed by atoms with Crippen molar-refractivity contribution >= 4 is 45.4 Å². The second kappa shape index (κ2) is 6.85. The Labute approximate surface area is 158 Å². The van der Waals surface area contributed by atoms with Gasteiger partial charge in [-0.3, -0.25) is 14.5 Å². The number of nitrogens with zero attached hydrogens (tertiary/aromatic N) is 2. The van der Waals surface area contributed by atoms with E-state index >= 15 is 0 Å². The van der Waals surface area contributed by atoms with Crippen molar-refractivity contribution in [1.29, 1.82) is 0 Å². The summed E-state index contributed by atoms with van der Waals surface area (Å²) in [5, 5.41) is 0.884. The summed E-state index contributed by atoms with van der Waals surface area (Å²) < 4.78 is 5.19. The average molecular weight is 378 g/mol. The van der Waals surface area contributed by atoms with Crippen LogP contribution < -0.4 is 10.5 Å². The molecule has 2 aromatic carbocycles. The molecule has 3 aromatic rings. The van der Waals surface area contributed by atoms with Crippen LogP contribution in [0.4, 0.5) is 5.69 Å². The van der Waals surface area contributed by atoms with Gasteiger partial charge in [0.15, 0.2) is 5.17 Å². The maximum Gasteiger partial charge on any atom is 0.349 e. The van der Waals surface area contributed by atoms with Gasteiger partial charge in [-0.15, -0.1) is 0 Å². The maximum absolute atomic E-state index is 12.6. The second-order valence-electron chi connectivity index (χ2n) is 6.04. The van der Waals surface area contributed by atoms with Crippen LogP contribution in [0, 0.1) is 6.92 Å².